The first kappa shape index (κ1) is 17.1. The van der Waals surface area contributed by atoms with Gasteiger partial charge in [-0.3, -0.25) is 9.59 Å². The number of para-hydroxylation sites is 1. The molecule has 0 bridgehead atoms. The van der Waals surface area contributed by atoms with Crippen LogP contribution < -0.4 is 25.3 Å². The highest BCUT2D eigenvalue weighted by Gasteiger charge is 2.18. The second-order valence-corrected chi connectivity index (χ2v) is 4.79. The van der Waals surface area contributed by atoms with Gasteiger partial charge in [-0.15, -0.1) is 0 Å². The van der Waals surface area contributed by atoms with Crippen molar-refractivity contribution in [2.24, 2.45) is 5.73 Å². The van der Waals surface area contributed by atoms with E-state index in [0.717, 1.165) is 0 Å². The summed E-state index contributed by atoms with van der Waals surface area (Å²) in [5.41, 5.74) is 6.06. The Kier molecular flexibility index (Phi) is 5.62. The largest absolute Gasteiger partial charge is 0.493 e. The molecule has 7 heteroatoms. The van der Waals surface area contributed by atoms with Crippen LogP contribution in [0, 0.1) is 0 Å². The first-order valence-electron chi connectivity index (χ1n) is 7.08. The van der Waals surface area contributed by atoms with Gasteiger partial charge in [0.1, 0.15) is 0 Å². The van der Waals surface area contributed by atoms with Crippen LogP contribution in [0.2, 0.25) is 0 Å². The van der Waals surface area contributed by atoms with Crippen LogP contribution >= 0.6 is 0 Å². The number of rotatable bonds is 7. The molecule has 2 amide bonds. The standard InChI is InChI=1S/C17H18N2O5/c1-22-13-8-11(17(21)19-12-6-4-3-5-7-12)9-14(23-2)16(13)24-10-15(18)20/h3-9H,10H2,1-2H3,(H2,18,20)(H,19,21). The van der Waals surface area contributed by atoms with Crippen LogP contribution in [0.4, 0.5) is 5.69 Å². The minimum atomic E-state index is -0.634. The molecule has 2 aromatic carbocycles. The van der Waals surface area contributed by atoms with Gasteiger partial charge in [-0.25, -0.2) is 0 Å². The van der Waals surface area contributed by atoms with Crippen LogP contribution in [0.15, 0.2) is 42.5 Å². The Morgan fingerprint density at radius 3 is 2.12 bits per heavy atom. The van der Waals surface area contributed by atoms with Gasteiger partial charge in [-0.2, -0.15) is 0 Å². The van der Waals surface area contributed by atoms with Crippen molar-refractivity contribution in [2.45, 2.75) is 0 Å². The van der Waals surface area contributed by atoms with Gasteiger partial charge in [0.2, 0.25) is 5.75 Å². The summed E-state index contributed by atoms with van der Waals surface area (Å²) in [6.07, 6.45) is 0. The highest BCUT2D eigenvalue weighted by atomic mass is 16.5. The Morgan fingerprint density at radius 2 is 1.62 bits per heavy atom. The third-order valence-electron chi connectivity index (χ3n) is 3.11. The first-order valence-corrected chi connectivity index (χ1v) is 7.08. The zero-order valence-electron chi connectivity index (χ0n) is 13.4. The molecule has 0 atom stereocenters. The third kappa shape index (κ3) is 4.16. The van der Waals surface area contributed by atoms with Crippen molar-refractivity contribution >= 4 is 17.5 Å². The predicted octanol–water partition coefficient (Wildman–Crippen LogP) is 1.82. The van der Waals surface area contributed by atoms with Crippen LogP contribution in [-0.4, -0.2) is 32.6 Å². The second-order valence-electron chi connectivity index (χ2n) is 4.79. The molecule has 0 aliphatic rings. The Labute approximate surface area is 139 Å². The van der Waals surface area contributed by atoms with Gasteiger partial charge in [0.05, 0.1) is 14.2 Å². The van der Waals surface area contributed by atoms with Crippen molar-refractivity contribution in [1.29, 1.82) is 0 Å². The van der Waals surface area contributed by atoms with Gasteiger partial charge in [0.25, 0.3) is 11.8 Å². The number of hydrogen-bond acceptors (Lipinski definition) is 5. The summed E-state index contributed by atoms with van der Waals surface area (Å²) >= 11 is 0. The first-order chi connectivity index (χ1) is 11.5. The smallest absolute Gasteiger partial charge is 0.255 e. The molecule has 0 unspecified atom stereocenters. The maximum absolute atomic E-state index is 12.4. The third-order valence-corrected chi connectivity index (χ3v) is 3.11. The average molecular weight is 330 g/mol. The van der Waals surface area contributed by atoms with E-state index in [9.17, 15) is 9.59 Å². The van der Waals surface area contributed by atoms with Crippen LogP contribution in [0.3, 0.4) is 0 Å². The Morgan fingerprint density at radius 1 is 1.04 bits per heavy atom. The fourth-order valence-corrected chi connectivity index (χ4v) is 2.02. The number of nitrogens with two attached hydrogens (primary N) is 1. The van der Waals surface area contributed by atoms with E-state index < -0.39 is 5.91 Å². The van der Waals surface area contributed by atoms with E-state index in [-0.39, 0.29) is 29.8 Å². The van der Waals surface area contributed by atoms with Gasteiger partial charge < -0.3 is 25.3 Å². The lowest BCUT2D eigenvalue weighted by Crippen LogP contribution is -2.20. The molecule has 0 saturated heterocycles. The van der Waals surface area contributed by atoms with Crippen molar-refractivity contribution < 1.29 is 23.8 Å². The lowest BCUT2D eigenvalue weighted by Gasteiger charge is -2.15. The quantitative estimate of drug-likeness (QED) is 0.806. The molecule has 126 valence electrons. The van der Waals surface area contributed by atoms with Gasteiger partial charge >= 0.3 is 0 Å². The summed E-state index contributed by atoms with van der Waals surface area (Å²) in [6, 6.07) is 12.0. The van der Waals surface area contributed by atoms with E-state index in [1.807, 2.05) is 18.2 Å². The lowest BCUT2D eigenvalue weighted by molar-refractivity contribution is -0.120. The topological polar surface area (TPSA) is 99.9 Å². The zero-order valence-corrected chi connectivity index (χ0v) is 13.4. The molecule has 0 fully saturated rings. The molecule has 0 spiro atoms. The average Bonchev–Trinajstić information content (AvgIpc) is 2.59. The molecule has 0 heterocycles. The lowest BCUT2D eigenvalue weighted by atomic mass is 10.1. The van der Waals surface area contributed by atoms with Gasteiger partial charge in [-0.05, 0) is 24.3 Å². The van der Waals surface area contributed by atoms with E-state index in [0.29, 0.717) is 11.3 Å². The maximum atomic E-state index is 12.4. The van der Waals surface area contributed by atoms with Crippen molar-refractivity contribution in [3.8, 4) is 17.2 Å². The highest BCUT2D eigenvalue weighted by Crippen LogP contribution is 2.38. The normalized spacial score (nSPS) is 9.92. The van der Waals surface area contributed by atoms with Gasteiger partial charge in [0.15, 0.2) is 18.1 Å². The monoisotopic (exact) mass is 330 g/mol. The van der Waals surface area contributed by atoms with E-state index in [2.05, 4.69) is 5.32 Å². The summed E-state index contributed by atoms with van der Waals surface area (Å²) in [6.45, 7) is -0.331. The molecule has 2 rings (SSSR count). The number of amides is 2. The maximum Gasteiger partial charge on any atom is 0.255 e. The van der Waals surface area contributed by atoms with E-state index in [1.165, 1.54) is 26.4 Å². The molecule has 0 saturated carbocycles. The molecule has 3 N–H and O–H groups in total. The van der Waals surface area contributed by atoms with E-state index in [4.69, 9.17) is 19.9 Å². The number of hydrogen-bond donors (Lipinski definition) is 2. The minimum Gasteiger partial charge on any atom is -0.493 e. The number of anilines is 1. The predicted molar refractivity (Wildman–Crippen MR) is 88.6 cm³/mol. The summed E-state index contributed by atoms with van der Waals surface area (Å²) in [7, 11) is 2.84. The SMILES string of the molecule is COc1cc(C(=O)Nc2ccccc2)cc(OC)c1OCC(N)=O. The summed E-state index contributed by atoms with van der Waals surface area (Å²) in [4.78, 5) is 23.3. The summed E-state index contributed by atoms with van der Waals surface area (Å²) < 4.78 is 15.8. The van der Waals surface area contributed by atoms with Crippen LogP contribution in [0.5, 0.6) is 17.2 Å². The summed E-state index contributed by atoms with van der Waals surface area (Å²) in [5, 5.41) is 2.77. The molecule has 2 aromatic rings. The fraction of sp³-hybridized carbons (Fsp3) is 0.176. The summed E-state index contributed by atoms with van der Waals surface area (Å²) in [5.74, 6) is -0.248. The highest BCUT2D eigenvalue weighted by molar-refractivity contribution is 6.05. The van der Waals surface area contributed by atoms with E-state index in [1.54, 1.807) is 12.1 Å². The Bertz CT molecular complexity index is 706. The van der Waals surface area contributed by atoms with Crippen LogP contribution in [0.1, 0.15) is 10.4 Å². The van der Waals surface area contributed by atoms with Crippen molar-refractivity contribution in [1.82, 2.24) is 0 Å². The van der Waals surface area contributed by atoms with Crippen molar-refractivity contribution in [2.75, 3.05) is 26.1 Å². The minimum absolute atomic E-state index is 0.204. The Hall–Kier alpha value is -3.22. The Balaban J connectivity index is 2.30. The number of ether oxygens (including phenoxy) is 3. The van der Waals surface area contributed by atoms with Crippen LogP contribution in [-0.2, 0) is 4.79 Å². The fourth-order valence-electron chi connectivity index (χ4n) is 2.02. The molecule has 24 heavy (non-hydrogen) atoms. The number of methoxy groups -OCH3 is 2. The molecule has 0 aromatic heterocycles. The molecule has 0 aliphatic carbocycles. The number of carbonyl (C=O) groups is 2. The second kappa shape index (κ2) is 7.87. The van der Waals surface area contributed by atoms with Crippen LogP contribution in [0.25, 0.3) is 0 Å². The molecule has 0 aliphatic heterocycles. The number of carbonyl (C=O) groups excluding carboxylic acids is 2. The van der Waals surface area contributed by atoms with Crippen molar-refractivity contribution in [3.63, 3.8) is 0 Å². The van der Waals surface area contributed by atoms with E-state index >= 15 is 0 Å². The zero-order chi connectivity index (χ0) is 17.5. The van der Waals surface area contributed by atoms with Crippen molar-refractivity contribution in [3.05, 3.63) is 48.0 Å². The number of nitrogens with one attached hydrogen (secondary N) is 1. The number of primary amides is 1. The molecular formula is C17H18N2O5. The van der Waals surface area contributed by atoms with Gasteiger partial charge in [0, 0.05) is 11.3 Å². The molecular weight excluding hydrogens is 312 g/mol. The molecule has 7 nitrogen and oxygen atoms in total. The molecule has 0 radical (unpaired) electrons. The number of benzene rings is 2. The van der Waals surface area contributed by atoms with Gasteiger partial charge in [-0.1, -0.05) is 18.2 Å².